The van der Waals surface area contributed by atoms with E-state index in [-0.39, 0.29) is 0 Å². The van der Waals surface area contributed by atoms with Crippen molar-refractivity contribution in [3.05, 3.63) is 48.5 Å². The number of benzene rings is 2. The molecule has 130 valence electrons. The fraction of sp³-hybridized carbons (Fsp3) is 0.200. The zero-order chi connectivity index (χ0) is 17.6. The van der Waals surface area contributed by atoms with Crippen molar-refractivity contribution in [2.45, 2.75) is 6.35 Å². The summed E-state index contributed by atoms with van der Waals surface area (Å²) in [7, 11) is -0.961. The first-order valence-electron chi connectivity index (χ1n) is 6.91. The molecule has 2 aromatic carbocycles. The van der Waals surface area contributed by atoms with Crippen molar-refractivity contribution in [1.29, 1.82) is 0 Å². The smallest absolute Gasteiger partial charge is 0.278 e. The van der Waals surface area contributed by atoms with Crippen molar-refractivity contribution in [3.63, 3.8) is 0 Å². The second-order valence-electron chi connectivity index (χ2n) is 4.69. The van der Waals surface area contributed by atoms with Crippen molar-refractivity contribution in [2.75, 3.05) is 19.5 Å². The Morgan fingerprint density at radius 2 is 1.67 bits per heavy atom. The van der Waals surface area contributed by atoms with Gasteiger partial charge >= 0.3 is 0 Å². The lowest BCUT2D eigenvalue weighted by molar-refractivity contribution is 0.219. The number of nitrogens with one attached hydrogen (secondary N) is 2. The SMILES string of the molecule is COc1ccc(N[C@H](NS(N)(=O)=O)Oc2ccccc2)cc1OC. The van der Waals surface area contributed by atoms with Crippen LogP contribution in [0.25, 0.3) is 0 Å². The lowest BCUT2D eigenvalue weighted by Crippen LogP contribution is -2.47. The minimum atomic E-state index is -3.99. The molecule has 2 aromatic rings. The molecule has 2 rings (SSSR count). The monoisotopic (exact) mass is 353 g/mol. The summed E-state index contributed by atoms with van der Waals surface area (Å²) in [5.41, 5.74) is 0.546. The summed E-state index contributed by atoms with van der Waals surface area (Å²) >= 11 is 0. The maximum atomic E-state index is 11.3. The van der Waals surface area contributed by atoms with E-state index >= 15 is 0 Å². The average molecular weight is 353 g/mol. The van der Waals surface area contributed by atoms with Crippen molar-refractivity contribution < 1.29 is 22.6 Å². The molecular formula is C15H19N3O5S. The van der Waals surface area contributed by atoms with Crippen molar-refractivity contribution >= 4 is 15.9 Å². The van der Waals surface area contributed by atoms with Gasteiger partial charge in [-0.25, -0.2) is 5.14 Å². The Hall–Kier alpha value is -2.49. The van der Waals surface area contributed by atoms with Crippen LogP contribution in [0, 0.1) is 0 Å². The van der Waals surface area contributed by atoms with Gasteiger partial charge in [-0.05, 0) is 24.3 Å². The van der Waals surface area contributed by atoms with Crippen molar-refractivity contribution in [3.8, 4) is 17.2 Å². The second kappa shape index (κ2) is 7.86. The van der Waals surface area contributed by atoms with Gasteiger partial charge in [0.2, 0.25) is 6.35 Å². The normalized spacial score (nSPS) is 12.3. The molecule has 0 saturated heterocycles. The maximum absolute atomic E-state index is 11.3. The van der Waals surface area contributed by atoms with Crippen LogP contribution in [-0.4, -0.2) is 29.0 Å². The van der Waals surface area contributed by atoms with Gasteiger partial charge in [0.05, 0.1) is 14.2 Å². The van der Waals surface area contributed by atoms with Crippen LogP contribution in [-0.2, 0) is 10.2 Å². The topological polar surface area (TPSA) is 112 Å². The first-order chi connectivity index (χ1) is 11.4. The molecule has 8 nitrogen and oxygen atoms in total. The molecule has 0 aromatic heterocycles. The molecule has 24 heavy (non-hydrogen) atoms. The molecule has 0 saturated carbocycles. The van der Waals surface area contributed by atoms with Crippen LogP contribution < -0.4 is 29.4 Å². The van der Waals surface area contributed by atoms with E-state index in [1.165, 1.54) is 14.2 Å². The lowest BCUT2D eigenvalue weighted by Gasteiger charge is -2.22. The molecule has 0 unspecified atom stereocenters. The highest BCUT2D eigenvalue weighted by atomic mass is 32.2. The quantitative estimate of drug-likeness (QED) is 0.616. The summed E-state index contributed by atoms with van der Waals surface area (Å²) in [6, 6.07) is 13.7. The summed E-state index contributed by atoms with van der Waals surface area (Å²) < 4.78 is 40.8. The highest BCUT2D eigenvalue weighted by molar-refractivity contribution is 7.87. The predicted molar refractivity (Wildman–Crippen MR) is 90.3 cm³/mol. The van der Waals surface area contributed by atoms with Gasteiger partial charge in [-0.15, -0.1) is 4.72 Å². The first-order valence-corrected chi connectivity index (χ1v) is 8.46. The van der Waals surface area contributed by atoms with Crippen LogP contribution in [0.2, 0.25) is 0 Å². The summed E-state index contributed by atoms with van der Waals surface area (Å²) in [6.07, 6.45) is -1.11. The lowest BCUT2D eigenvalue weighted by atomic mass is 10.3. The molecule has 0 aliphatic heterocycles. The second-order valence-corrected chi connectivity index (χ2v) is 6.01. The van der Waals surface area contributed by atoms with Crippen LogP contribution in [0.4, 0.5) is 5.69 Å². The molecule has 0 aliphatic rings. The number of para-hydroxylation sites is 1. The number of nitrogens with two attached hydrogens (primary N) is 1. The van der Waals surface area contributed by atoms with Crippen molar-refractivity contribution in [2.24, 2.45) is 5.14 Å². The fourth-order valence-corrected chi connectivity index (χ4v) is 2.35. The van der Waals surface area contributed by atoms with Gasteiger partial charge in [-0.1, -0.05) is 18.2 Å². The molecule has 0 bridgehead atoms. The molecule has 0 fully saturated rings. The zero-order valence-electron chi connectivity index (χ0n) is 13.2. The van der Waals surface area contributed by atoms with E-state index in [0.717, 1.165) is 0 Å². The van der Waals surface area contributed by atoms with Gasteiger partial charge in [0, 0.05) is 11.8 Å². The predicted octanol–water partition coefficient (Wildman–Crippen LogP) is 1.27. The third kappa shape index (κ3) is 5.30. The van der Waals surface area contributed by atoms with E-state index in [2.05, 4.69) is 10.0 Å². The van der Waals surface area contributed by atoms with Crippen LogP contribution >= 0.6 is 0 Å². The van der Waals surface area contributed by atoms with Crippen LogP contribution in [0.5, 0.6) is 17.2 Å². The molecular weight excluding hydrogens is 334 g/mol. The van der Waals surface area contributed by atoms with E-state index in [9.17, 15) is 8.42 Å². The Bertz CT molecular complexity index is 768. The Morgan fingerprint density at radius 3 is 2.25 bits per heavy atom. The molecule has 0 radical (unpaired) electrons. The van der Waals surface area contributed by atoms with Crippen LogP contribution in [0.15, 0.2) is 48.5 Å². The number of ether oxygens (including phenoxy) is 3. The molecule has 0 aliphatic carbocycles. The highest BCUT2D eigenvalue weighted by Gasteiger charge is 2.17. The number of hydrogen-bond donors (Lipinski definition) is 3. The van der Waals surface area contributed by atoms with Gasteiger partial charge in [0.25, 0.3) is 10.2 Å². The first kappa shape index (κ1) is 17.9. The number of methoxy groups -OCH3 is 2. The number of hydrogen-bond acceptors (Lipinski definition) is 6. The number of anilines is 1. The summed E-state index contributed by atoms with van der Waals surface area (Å²) in [4.78, 5) is 0. The van der Waals surface area contributed by atoms with E-state index in [4.69, 9.17) is 19.3 Å². The third-order valence-electron chi connectivity index (χ3n) is 2.95. The Morgan fingerprint density at radius 1 is 1.00 bits per heavy atom. The van der Waals surface area contributed by atoms with E-state index in [0.29, 0.717) is 22.9 Å². The molecule has 1 atom stereocenters. The van der Waals surface area contributed by atoms with Gasteiger partial charge in [-0.3, -0.25) is 0 Å². The average Bonchev–Trinajstić information content (AvgIpc) is 2.54. The largest absolute Gasteiger partial charge is 0.493 e. The van der Waals surface area contributed by atoms with Gasteiger partial charge in [0.15, 0.2) is 11.5 Å². The third-order valence-corrected chi connectivity index (χ3v) is 3.49. The van der Waals surface area contributed by atoms with Gasteiger partial charge in [0.1, 0.15) is 5.75 Å². The zero-order valence-corrected chi connectivity index (χ0v) is 14.0. The van der Waals surface area contributed by atoms with Crippen LogP contribution in [0.3, 0.4) is 0 Å². The Labute approximate surface area is 140 Å². The molecule has 9 heteroatoms. The minimum Gasteiger partial charge on any atom is -0.493 e. The van der Waals surface area contributed by atoms with Crippen molar-refractivity contribution in [1.82, 2.24) is 4.72 Å². The fourth-order valence-electron chi connectivity index (χ4n) is 1.94. The molecule has 0 spiro atoms. The summed E-state index contributed by atoms with van der Waals surface area (Å²) in [5.74, 6) is 1.49. The van der Waals surface area contributed by atoms with Gasteiger partial charge in [-0.2, -0.15) is 8.42 Å². The molecule has 0 heterocycles. The van der Waals surface area contributed by atoms with Crippen LogP contribution in [0.1, 0.15) is 0 Å². The highest BCUT2D eigenvalue weighted by Crippen LogP contribution is 2.30. The Kier molecular flexibility index (Phi) is 5.85. The van der Waals surface area contributed by atoms with E-state index < -0.39 is 16.6 Å². The summed E-state index contributed by atoms with van der Waals surface area (Å²) in [6.45, 7) is 0. The molecule has 0 amide bonds. The Balaban J connectivity index is 2.21. The van der Waals surface area contributed by atoms with Gasteiger partial charge < -0.3 is 19.5 Å². The van der Waals surface area contributed by atoms with E-state index in [1.807, 2.05) is 6.07 Å². The minimum absolute atomic E-state index is 0.464. The number of rotatable bonds is 8. The maximum Gasteiger partial charge on any atom is 0.278 e. The summed E-state index contributed by atoms with van der Waals surface area (Å²) in [5, 5.41) is 7.92. The van der Waals surface area contributed by atoms with E-state index in [1.54, 1.807) is 42.5 Å². The standard InChI is InChI=1S/C15H19N3O5S/c1-21-13-9-8-11(10-14(13)22-2)17-15(18-24(16,19)20)23-12-6-4-3-5-7-12/h3-10,15,17-18H,1-2H3,(H2,16,19,20)/t15-/m1/s1. The molecule has 4 N–H and O–H groups in total.